The average molecular weight is 187 g/mol. The number of hydrogen-bond donors (Lipinski definition) is 0. The highest BCUT2D eigenvalue weighted by atomic mass is 16.6. The van der Waals surface area contributed by atoms with Crippen LogP contribution in [0.15, 0.2) is 11.6 Å². The molecule has 0 aromatic heterocycles. The van der Waals surface area contributed by atoms with E-state index in [2.05, 4.69) is 4.74 Å². The second-order valence-corrected chi connectivity index (χ2v) is 2.64. The molecule has 0 rings (SSSR count). The zero-order chi connectivity index (χ0) is 10.4. The van der Waals surface area contributed by atoms with Crippen LogP contribution in [0, 0.1) is 10.1 Å². The molecule has 0 saturated carbocycles. The molecule has 0 amide bonds. The van der Waals surface area contributed by atoms with Gasteiger partial charge in [-0.3, -0.25) is 14.9 Å². The quantitative estimate of drug-likeness (QED) is 0.286. The summed E-state index contributed by atoms with van der Waals surface area (Å²) < 4.78 is 4.57. The van der Waals surface area contributed by atoms with E-state index in [4.69, 9.17) is 0 Å². The predicted octanol–water partition coefficient (Wildman–Crippen LogP) is 1.16. The van der Waals surface area contributed by atoms with Crippen molar-refractivity contribution in [1.82, 2.24) is 0 Å². The van der Waals surface area contributed by atoms with Crippen LogP contribution in [0.3, 0.4) is 0 Å². The fourth-order valence-corrected chi connectivity index (χ4v) is 0.747. The van der Waals surface area contributed by atoms with Gasteiger partial charge in [0.25, 0.3) is 6.04 Å². The molecule has 0 aromatic rings. The number of ether oxygens (including phenoxy) is 1. The molecule has 0 aliphatic carbocycles. The standard InChI is InChI=1S/C8H13NO4/c1-4-6(2)8(9(11)12)5-13-7(3)10/h4,8H,5H2,1-3H3. The van der Waals surface area contributed by atoms with Crippen molar-refractivity contribution < 1.29 is 14.5 Å². The van der Waals surface area contributed by atoms with Crippen LogP contribution in [0.2, 0.25) is 0 Å². The predicted molar refractivity (Wildman–Crippen MR) is 46.8 cm³/mol. The topological polar surface area (TPSA) is 69.4 Å². The van der Waals surface area contributed by atoms with Gasteiger partial charge in [-0.1, -0.05) is 6.08 Å². The highest BCUT2D eigenvalue weighted by molar-refractivity contribution is 5.65. The van der Waals surface area contributed by atoms with E-state index in [-0.39, 0.29) is 6.61 Å². The molecule has 1 atom stereocenters. The molecule has 74 valence electrons. The molecule has 0 heterocycles. The van der Waals surface area contributed by atoms with Crippen molar-refractivity contribution in [3.05, 3.63) is 21.8 Å². The highest BCUT2D eigenvalue weighted by Gasteiger charge is 2.22. The zero-order valence-electron chi connectivity index (χ0n) is 7.94. The number of rotatable bonds is 4. The van der Waals surface area contributed by atoms with Gasteiger partial charge in [-0.2, -0.15) is 0 Å². The molecule has 0 fully saturated rings. The van der Waals surface area contributed by atoms with Crippen molar-refractivity contribution in [2.75, 3.05) is 6.61 Å². The minimum absolute atomic E-state index is 0.196. The summed E-state index contributed by atoms with van der Waals surface area (Å²) >= 11 is 0. The van der Waals surface area contributed by atoms with E-state index in [1.165, 1.54) is 6.92 Å². The number of nitrogens with zero attached hydrogens (tertiary/aromatic N) is 1. The monoisotopic (exact) mass is 187 g/mol. The minimum Gasteiger partial charge on any atom is -0.458 e. The first kappa shape index (κ1) is 11.6. The van der Waals surface area contributed by atoms with Gasteiger partial charge < -0.3 is 4.74 Å². The second kappa shape index (κ2) is 5.29. The van der Waals surface area contributed by atoms with Crippen LogP contribution in [0.1, 0.15) is 20.8 Å². The fourth-order valence-electron chi connectivity index (χ4n) is 0.747. The molecule has 5 nitrogen and oxygen atoms in total. The van der Waals surface area contributed by atoms with Crippen molar-refractivity contribution in [1.29, 1.82) is 0 Å². The van der Waals surface area contributed by atoms with Crippen LogP contribution in [-0.4, -0.2) is 23.5 Å². The molecule has 0 spiro atoms. The Morgan fingerprint density at radius 2 is 2.15 bits per heavy atom. The van der Waals surface area contributed by atoms with Crippen molar-refractivity contribution in [2.45, 2.75) is 26.8 Å². The first-order valence-electron chi connectivity index (χ1n) is 3.88. The van der Waals surface area contributed by atoms with Gasteiger partial charge in [0.15, 0.2) is 6.61 Å². The lowest BCUT2D eigenvalue weighted by Gasteiger charge is -2.08. The molecule has 0 radical (unpaired) electrons. The fraction of sp³-hybridized carbons (Fsp3) is 0.625. The van der Waals surface area contributed by atoms with Crippen LogP contribution < -0.4 is 0 Å². The van der Waals surface area contributed by atoms with Crippen LogP contribution in [0.4, 0.5) is 0 Å². The molecule has 0 N–H and O–H groups in total. The third-order valence-electron chi connectivity index (χ3n) is 1.68. The summed E-state index contributed by atoms with van der Waals surface area (Å²) in [4.78, 5) is 20.4. The molecular weight excluding hydrogens is 174 g/mol. The summed E-state index contributed by atoms with van der Waals surface area (Å²) in [6.45, 7) is 4.37. The van der Waals surface area contributed by atoms with Gasteiger partial charge in [0.1, 0.15) is 0 Å². The molecule has 0 aliphatic rings. The van der Waals surface area contributed by atoms with E-state index < -0.39 is 16.9 Å². The van der Waals surface area contributed by atoms with E-state index in [1.54, 1.807) is 19.9 Å². The molecule has 13 heavy (non-hydrogen) atoms. The number of esters is 1. The molecular formula is C8H13NO4. The van der Waals surface area contributed by atoms with Crippen molar-refractivity contribution in [2.24, 2.45) is 0 Å². The summed E-state index contributed by atoms with van der Waals surface area (Å²) in [5.41, 5.74) is 0.589. The lowest BCUT2D eigenvalue weighted by atomic mass is 10.1. The Balaban J connectivity index is 4.28. The van der Waals surface area contributed by atoms with Crippen molar-refractivity contribution >= 4 is 5.97 Å². The Bertz CT molecular complexity index is 234. The van der Waals surface area contributed by atoms with E-state index in [0.29, 0.717) is 5.57 Å². The van der Waals surface area contributed by atoms with Gasteiger partial charge in [-0.25, -0.2) is 0 Å². The van der Waals surface area contributed by atoms with Crippen LogP contribution in [0.25, 0.3) is 0 Å². The zero-order valence-corrected chi connectivity index (χ0v) is 7.94. The first-order valence-corrected chi connectivity index (χ1v) is 3.88. The van der Waals surface area contributed by atoms with Gasteiger partial charge >= 0.3 is 5.97 Å². The lowest BCUT2D eigenvalue weighted by molar-refractivity contribution is -0.514. The number of carbonyl (C=O) groups is 1. The van der Waals surface area contributed by atoms with Crippen LogP contribution >= 0.6 is 0 Å². The number of carbonyl (C=O) groups excluding carboxylic acids is 1. The maximum atomic E-state index is 10.5. The Labute approximate surface area is 76.5 Å². The number of allylic oxidation sites excluding steroid dienone is 1. The van der Waals surface area contributed by atoms with Crippen molar-refractivity contribution in [3.8, 4) is 0 Å². The van der Waals surface area contributed by atoms with Gasteiger partial charge in [0.2, 0.25) is 0 Å². The number of nitro groups is 1. The van der Waals surface area contributed by atoms with Gasteiger partial charge in [-0.05, 0) is 19.4 Å². The molecule has 5 heteroatoms. The molecule has 0 saturated heterocycles. The average Bonchev–Trinajstić information content (AvgIpc) is 2.03. The smallest absolute Gasteiger partial charge is 0.302 e. The van der Waals surface area contributed by atoms with E-state index in [1.807, 2.05) is 0 Å². The largest absolute Gasteiger partial charge is 0.458 e. The van der Waals surface area contributed by atoms with Gasteiger partial charge in [-0.15, -0.1) is 0 Å². The summed E-state index contributed by atoms with van der Waals surface area (Å²) in [6, 6.07) is -0.922. The maximum Gasteiger partial charge on any atom is 0.302 e. The highest BCUT2D eigenvalue weighted by Crippen LogP contribution is 2.05. The number of hydrogen-bond acceptors (Lipinski definition) is 4. The summed E-state index contributed by atoms with van der Waals surface area (Å²) in [6.07, 6.45) is 1.64. The third kappa shape index (κ3) is 4.25. The SMILES string of the molecule is CC=C(C)C(COC(C)=O)[N+](=O)[O-]. The normalized spacial score (nSPS) is 13.6. The summed E-state index contributed by atoms with van der Waals surface area (Å²) in [5, 5.41) is 10.5. The Morgan fingerprint density at radius 3 is 2.46 bits per heavy atom. The molecule has 0 aliphatic heterocycles. The second-order valence-electron chi connectivity index (χ2n) is 2.64. The van der Waals surface area contributed by atoms with E-state index >= 15 is 0 Å². The Morgan fingerprint density at radius 1 is 1.62 bits per heavy atom. The Hall–Kier alpha value is -1.39. The van der Waals surface area contributed by atoms with E-state index in [9.17, 15) is 14.9 Å². The minimum atomic E-state index is -0.922. The molecule has 0 bridgehead atoms. The van der Waals surface area contributed by atoms with Crippen LogP contribution in [0.5, 0.6) is 0 Å². The van der Waals surface area contributed by atoms with Gasteiger partial charge in [0, 0.05) is 11.8 Å². The van der Waals surface area contributed by atoms with E-state index in [0.717, 1.165) is 0 Å². The summed E-state index contributed by atoms with van der Waals surface area (Å²) in [7, 11) is 0. The van der Waals surface area contributed by atoms with Gasteiger partial charge in [0.05, 0.1) is 0 Å². The maximum absolute atomic E-state index is 10.5. The molecule has 1 unspecified atom stereocenters. The van der Waals surface area contributed by atoms with Crippen molar-refractivity contribution in [3.63, 3.8) is 0 Å². The van der Waals surface area contributed by atoms with Crippen LogP contribution in [-0.2, 0) is 9.53 Å². The molecule has 0 aromatic carbocycles. The first-order chi connectivity index (χ1) is 5.99. The Kier molecular flexibility index (Phi) is 4.72. The lowest BCUT2D eigenvalue weighted by Crippen LogP contribution is -2.27. The summed E-state index contributed by atoms with van der Waals surface area (Å²) in [5.74, 6) is -0.504. The third-order valence-corrected chi connectivity index (χ3v) is 1.68.